The Hall–Kier alpha value is -1.33. The minimum Gasteiger partial charge on any atom is -0.496 e. The van der Waals surface area contributed by atoms with E-state index >= 15 is 0 Å². The molecule has 94 valence electrons. The molecule has 1 aliphatic rings. The van der Waals surface area contributed by atoms with Crippen molar-refractivity contribution in [2.45, 2.75) is 32.2 Å². The van der Waals surface area contributed by atoms with Crippen LogP contribution >= 0.6 is 0 Å². The number of rotatable bonds is 2. The third-order valence-corrected chi connectivity index (χ3v) is 3.36. The van der Waals surface area contributed by atoms with Gasteiger partial charge in [0.25, 0.3) is 0 Å². The van der Waals surface area contributed by atoms with Crippen molar-refractivity contribution in [1.29, 1.82) is 0 Å². The molecule has 0 aliphatic carbocycles. The fraction of sp³-hybridized carbons (Fsp3) is 0.583. The summed E-state index contributed by atoms with van der Waals surface area (Å²) >= 11 is 0. The van der Waals surface area contributed by atoms with Crippen LogP contribution in [0.1, 0.15) is 31.1 Å². The zero-order valence-electron chi connectivity index (χ0n) is 10.4. The van der Waals surface area contributed by atoms with Crippen molar-refractivity contribution in [3.63, 3.8) is 0 Å². The molecule has 0 fully saturated rings. The highest BCUT2D eigenvalue weighted by molar-refractivity contribution is 5.37. The first kappa shape index (κ1) is 12.1. The molecule has 0 saturated carbocycles. The van der Waals surface area contributed by atoms with E-state index in [1.807, 2.05) is 13.8 Å². The largest absolute Gasteiger partial charge is 0.496 e. The lowest BCUT2D eigenvalue weighted by atomic mass is 9.92. The van der Waals surface area contributed by atoms with Crippen LogP contribution in [0.3, 0.4) is 0 Å². The van der Waals surface area contributed by atoms with E-state index in [4.69, 9.17) is 18.6 Å². The Labute approximate surface area is 99.3 Å². The van der Waals surface area contributed by atoms with E-state index < -0.39 is 11.4 Å². The Morgan fingerprint density at radius 2 is 2.18 bits per heavy atom. The van der Waals surface area contributed by atoms with E-state index in [0.29, 0.717) is 18.1 Å². The van der Waals surface area contributed by atoms with E-state index in [2.05, 4.69) is 0 Å². The molecule has 2 atom stereocenters. The summed E-state index contributed by atoms with van der Waals surface area (Å²) in [6.45, 7) is 4.01. The summed E-state index contributed by atoms with van der Waals surface area (Å²) in [6.07, 6.45) is 0. The van der Waals surface area contributed by atoms with E-state index in [1.165, 1.54) is 13.2 Å². The van der Waals surface area contributed by atoms with Crippen molar-refractivity contribution in [1.82, 2.24) is 0 Å². The van der Waals surface area contributed by atoms with Crippen LogP contribution < -0.4 is 10.4 Å². The van der Waals surface area contributed by atoms with Crippen LogP contribution in [0.5, 0.6) is 5.75 Å². The molecular weight excluding hydrogens is 224 g/mol. The molecule has 5 heteroatoms. The fourth-order valence-electron chi connectivity index (χ4n) is 2.00. The van der Waals surface area contributed by atoms with Gasteiger partial charge < -0.3 is 18.6 Å². The minimum absolute atomic E-state index is 0.181. The summed E-state index contributed by atoms with van der Waals surface area (Å²) < 4.78 is 21.4. The second kappa shape index (κ2) is 4.16. The number of hydrogen-bond acceptors (Lipinski definition) is 5. The molecule has 2 heterocycles. The van der Waals surface area contributed by atoms with Gasteiger partial charge in [-0.3, -0.25) is 0 Å². The van der Waals surface area contributed by atoms with Gasteiger partial charge in [-0.25, -0.2) is 4.79 Å². The highest BCUT2D eigenvalue weighted by Gasteiger charge is 2.41. The van der Waals surface area contributed by atoms with Gasteiger partial charge in [-0.1, -0.05) is 6.92 Å². The molecule has 0 N–H and O–H groups in total. The molecule has 5 nitrogen and oxygen atoms in total. The van der Waals surface area contributed by atoms with Crippen LogP contribution in [0.2, 0.25) is 0 Å². The second-order valence-electron chi connectivity index (χ2n) is 4.21. The van der Waals surface area contributed by atoms with Crippen molar-refractivity contribution >= 4 is 0 Å². The highest BCUT2D eigenvalue weighted by Crippen LogP contribution is 2.41. The third kappa shape index (κ3) is 1.85. The average molecular weight is 240 g/mol. The first-order valence-corrected chi connectivity index (χ1v) is 5.42. The maximum Gasteiger partial charge on any atom is 0.339 e. The number of fused-ring (bicyclic) bond motifs is 1. The average Bonchev–Trinajstić information content (AvgIpc) is 2.33. The fourth-order valence-corrected chi connectivity index (χ4v) is 2.00. The van der Waals surface area contributed by atoms with Crippen LogP contribution in [0.25, 0.3) is 0 Å². The summed E-state index contributed by atoms with van der Waals surface area (Å²) in [6, 6.07) is 1.32. The van der Waals surface area contributed by atoms with Gasteiger partial charge in [0.2, 0.25) is 0 Å². The molecule has 1 aromatic rings. The molecule has 0 saturated heterocycles. The lowest BCUT2D eigenvalue weighted by Crippen LogP contribution is -2.41. The SMILES string of the molecule is COc1cc(=O)oc2c1CO[C@@](C)(OC)[C@H]2C. The van der Waals surface area contributed by atoms with Crippen LogP contribution in [-0.4, -0.2) is 20.0 Å². The van der Waals surface area contributed by atoms with Gasteiger partial charge in [0.15, 0.2) is 5.79 Å². The summed E-state index contributed by atoms with van der Waals surface area (Å²) in [5, 5.41) is 0. The molecule has 0 spiro atoms. The minimum atomic E-state index is -0.782. The maximum absolute atomic E-state index is 11.4. The van der Waals surface area contributed by atoms with Crippen LogP contribution in [0.4, 0.5) is 0 Å². The van der Waals surface area contributed by atoms with Crippen LogP contribution in [-0.2, 0) is 16.1 Å². The third-order valence-electron chi connectivity index (χ3n) is 3.36. The van der Waals surface area contributed by atoms with Crippen molar-refractivity contribution < 1.29 is 18.6 Å². The normalized spacial score (nSPS) is 27.6. The molecule has 0 bridgehead atoms. The molecule has 2 rings (SSSR count). The summed E-state index contributed by atoms with van der Waals surface area (Å²) in [7, 11) is 3.09. The molecule has 0 aromatic carbocycles. The van der Waals surface area contributed by atoms with E-state index in [0.717, 1.165) is 5.56 Å². The lowest BCUT2D eigenvalue weighted by molar-refractivity contribution is -0.240. The Balaban J connectivity index is 2.57. The number of methoxy groups -OCH3 is 2. The summed E-state index contributed by atoms with van der Waals surface area (Å²) in [4.78, 5) is 11.4. The van der Waals surface area contributed by atoms with Crippen molar-refractivity contribution in [3.05, 3.63) is 27.8 Å². The zero-order chi connectivity index (χ0) is 12.6. The second-order valence-corrected chi connectivity index (χ2v) is 4.21. The van der Waals surface area contributed by atoms with Gasteiger partial charge in [-0.2, -0.15) is 0 Å². The monoisotopic (exact) mass is 240 g/mol. The van der Waals surface area contributed by atoms with Crippen molar-refractivity contribution in [3.8, 4) is 5.75 Å². The Kier molecular flexibility index (Phi) is 2.97. The number of hydrogen-bond donors (Lipinski definition) is 0. The van der Waals surface area contributed by atoms with E-state index in [-0.39, 0.29) is 5.92 Å². The molecular formula is C12H16O5. The van der Waals surface area contributed by atoms with Gasteiger partial charge in [0, 0.05) is 7.11 Å². The topological polar surface area (TPSA) is 57.9 Å². The van der Waals surface area contributed by atoms with Gasteiger partial charge >= 0.3 is 5.63 Å². The zero-order valence-corrected chi connectivity index (χ0v) is 10.4. The van der Waals surface area contributed by atoms with Gasteiger partial charge in [-0.05, 0) is 6.92 Å². The molecule has 0 amide bonds. The summed E-state index contributed by atoms with van der Waals surface area (Å²) in [5.41, 5.74) is 0.349. The Bertz CT molecular complexity index is 478. The summed E-state index contributed by atoms with van der Waals surface area (Å²) in [5.74, 6) is 0.111. The van der Waals surface area contributed by atoms with Gasteiger partial charge in [0.05, 0.1) is 31.3 Å². The van der Waals surface area contributed by atoms with E-state index in [1.54, 1.807) is 7.11 Å². The van der Waals surface area contributed by atoms with E-state index in [9.17, 15) is 4.79 Å². The quantitative estimate of drug-likeness (QED) is 0.786. The van der Waals surface area contributed by atoms with Gasteiger partial charge in [0.1, 0.15) is 11.5 Å². The molecule has 1 aliphatic heterocycles. The standard InChI is InChI=1S/C12H16O5/c1-7-11-8(6-16-12(7,2)15-4)9(14-3)5-10(13)17-11/h5,7H,6H2,1-4H3/t7-,12+/m0/s1. The van der Waals surface area contributed by atoms with Crippen molar-refractivity contribution in [2.24, 2.45) is 0 Å². The molecule has 1 aromatic heterocycles. The molecule has 0 radical (unpaired) electrons. The first-order chi connectivity index (χ1) is 8.01. The van der Waals surface area contributed by atoms with Crippen molar-refractivity contribution in [2.75, 3.05) is 14.2 Å². The Morgan fingerprint density at radius 1 is 1.47 bits per heavy atom. The smallest absolute Gasteiger partial charge is 0.339 e. The highest BCUT2D eigenvalue weighted by atomic mass is 16.7. The predicted octanol–water partition coefficient (Wildman–Crippen LogP) is 1.64. The lowest BCUT2D eigenvalue weighted by Gasteiger charge is -2.38. The predicted molar refractivity (Wildman–Crippen MR) is 60.1 cm³/mol. The Morgan fingerprint density at radius 3 is 2.76 bits per heavy atom. The van der Waals surface area contributed by atoms with Crippen LogP contribution in [0.15, 0.2) is 15.3 Å². The molecule has 0 unspecified atom stereocenters. The first-order valence-electron chi connectivity index (χ1n) is 5.42. The molecule has 17 heavy (non-hydrogen) atoms. The van der Waals surface area contributed by atoms with Crippen LogP contribution in [0, 0.1) is 0 Å². The number of ether oxygens (including phenoxy) is 3. The maximum atomic E-state index is 11.4. The van der Waals surface area contributed by atoms with Gasteiger partial charge in [-0.15, -0.1) is 0 Å².